The van der Waals surface area contributed by atoms with Gasteiger partial charge in [-0.1, -0.05) is 288 Å². The maximum atomic E-state index is 13.1. The van der Waals surface area contributed by atoms with Crippen molar-refractivity contribution in [3.05, 3.63) is 48.6 Å². The number of esters is 4. The van der Waals surface area contributed by atoms with Gasteiger partial charge in [0.05, 0.1) is 26.4 Å². The first-order chi connectivity index (χ1) is 47.7. The van der Waals surface area contributed by atoms with Crippen molar-refractivity contribution in [2.75, 3.05) is 39.6 Å². The maximum Gasteiger partial charge on any atom is 0.472 e. The van der Waals surface area contributed by atoms with Crippen LogP contribution in [-0.2, 0) is 65.4 Å². The van der Waals surface area contributed by atoms with Gasteiger partial charge in [0.25, 0.3) is 0 Å². The Hall–Kier alpha value is -2.98. The van der Waals surface area contributed by atoms with Crippen LogP contribution in [0.1, 0.15) is 374 Å². The summed E-state index contributed by atoms with van der Waals surface area (Å²) in [7, 11) is -9.94. The van der Waals surface area contributed by atoms with Crippen molar-refractivity contribution in [1.29, 1.82) is 0 Å². The standard InChI is InChI=1S/C79H146O17P2/c1-5-9-13-17-21-25-29-33-36-40-43-47-51-55-59-63-76(81)89-69-74(95-78(83)65-61-57-53-49-45-39-32-28-24-20-16-12-8-4)71-93-97(85,86)91-67-73(80)68-92-98(87,88)94-72-75(96-79(84)66-62-58-54-50-46-42-38-35-31-27-23-19-15-11-7-3)70-90-77(82)64-60-56-52-48-44-41-37-34-30-26-22-18-14-10-6-2/h22,25-26,29,34-35,37-38,73-75,80H,5-21,23-24,27-28,30-33,36,39-72H2,1-4H3,(H,85,86)(H,87,88)/b26-22-,29-25-,37-34-,38-35-/t73?,74-,75-/m1/s1. The Morgan fingerprint density at radius 1 is 0.286 bits per heavy atom. The lowest BCUT2D eigenvalue weighted by molar-refractivity contribution is -0.161. The number of aliphatic hydroxyl groups excluding tert-OH is 1. The lowest BCUT2D eigenvalue weighted by atomic mass is 10.0. The molecule has 0 fully saturated rings. The molecule has 0 bridgehead atoms. The van der Waals surface area contributed by atoms with E-state index in [0.717, 1.165) is 148 Å². The molecule has 5 atom stereocenters. The summed E-state index contributed by atoms with van der Waals surface area (Å²) in [6.45, 7) is 4.88. The van der Waals surface area contributed by atoms with E-state index >= 15 is 0 Å². The molecule has 0 saturated heterocycles. The van der Waals surface area contributed by atoms with E-state index in [4.69, 9.17) is 37.0 Å². The smallest absolute Gasteiger partial charge is 0.462 e. The molecular formula is C79H146O17P2. The lowest BCUT2D eigenvalue weighted by Crippen LogP contribution is -2.30. The van der Waals surface area contributed by atoms with Crippen molar-refractivity contribution in [2.45, 2.75) is 393 Å². The lowest BCUT2D eigenvalue weighted by Gasteiger charge is -2.21. The van der Waals surface area contributed by atoms with Gasteiger partial charge in [-0.3, -0.25) is 37.3 Å². The van der Waals surface area contributed by atoms with Crippen LogP contribution in [-0.4, -0.2) is 96.7 Å². The molecule has 0 spiro atoms. The second kappa shape index (κ2) is 72.4. The highest BCUT2D eigenvalue weighted by atomic mass is 31.2. The van der Waals surface area contributed by atoms with E-state index in [-0.39, 0.29) is 25.7 Å². The molecule has 19 heteroatoms. The quantitative estimate of drug-likeness (QED) is 0.0169. The molecule has 0 heterocycles. The number of rotatable bonds is 76. The van der Waals surface area contributed by atoms with Crippen LogP contribution in [0.25, 0.3) is 0 Å². The number of allylic oxidation sites excluding steroid dienone is 8. The number of unbranched alkanes of at least 4 members (excludes halogenated alkanes) is 42. The molecule has 0 aromatic heterocycles. The van der Waals surface area contributed by atoms with Gasteiger partial charge in [-0.15, -0.1) is 0 Å². The zero-order valence-corrected chi connectivity index (χ0v) is 64.5. The molecule has 0 amide bonds. The molecule has 98 heavy (non-hydrogen) atoms. The summed E-state index contributed by atoms with van der Waals surface area (Å²) in [6, 6.07) is 0. The third-order valence-corrected chi connectivity index (χ3v) is 19.2. The average molecular weight is 1430 g/mol. The summed E-state index contributed by atoms with van der Waals surface area (Å²) < 4.78 is 68.6. The Morgan fingerprint density at radius 2 is 0.500 bits per heavy atom. The summed E-state index contributed by atoms with van der Waals surface area (Å²) in [5, 5.41) is 10.6. The van der Waals surface area contributed by atoms with Crippen molar-refractivity contribution in [3.63, 3.8) is 0 Å². The van der Waals surface area contributed by atoms with Crippen LogP contribution >= 0.6 is 15.6 Å². The topological polar surface area (TPSA) is 237 Å². The van der Waals surface area contributed by atoms with Crippen LogP contribution in [0, 0.1) is 0 Å². The molecule has 0 radical (unpaired) electrons. The zero-order valence-electron chi connectivity index (χ0n) is 62.7. The maximum absolute atomic E-state index is 13.1. The number of carbonyl (C=O) groups is 4. The molecule has 3 N–H and O–H groups in total. The van der Waals surface area contributed by atoms with Gasteiger partial charge in [-0.25, -0.2) is 9.13 Å². The monoisotopic (exact) mass is 1430 g/mol. The molecule has 3 unspecified atom stereocenters. The second-order valence-corrected chi connectivity index (χ2v) is 29.9. The first kappa shape index (κ1) is 95.0. The van der Waals surface area contributed by atoms with Crippen molar-refractivity contribution >= 4 is 39.5 Å². The largest absolute Gasteiger partial charge is 0.472 e. The number of aliphatic hydroxyl groups is 1. The van der Waals surface area contributed by atoms with Gasteiger partial charge >= 0.3 is 39.5 Å². The summed E-state index contributed by atoms with van der Waals surface area (Å²) in [6.07, 6.45) is 69.4. The number of hydrogen-bond acceptors (Lipinski definition) is 15. The molecular weight excluding hydrogens is 1280 g/mol. The number of carbonyl (C=O) groups excluding carboxylic acids is 4. The van der Waals surface area contributed by atoms with Crippen LogP contribution in [0.3, 0.4) is 0 Å². The highest BCUT2D eigenvalue weighted by molar-refractivity contribution is 7.47. The SMILES string of the molecule is CCCCC/C=C\C/C=C\CCCCCCCC(=O)OC[C@H](COP(=O)(O)OCC(O)COP(=O)(O)OC[C@@H](COC(=O)CCCCCCCCC/C=C\CCCCCC)OC(=O)CCCCCCCCCCCCCCC)OC(=O)CCCCCCC/C=C\CCCCCCCC. The second-order valence-electron chi connectivity index (χ2n) is 27.0. The molecule has 0 aliphatic rings. The predicted octanol–water partition coefficient (Wildman–Crippen LogP) is 22.9. The van der Waals surface area contributed by atoms with Crippen molar-refractivity contribution in [1.82, 2.24) is 0 Å². The Labute approximate surface area is 597 Å². The normalized spacial score (nSPS) is 14.2. The molecule has 0 aromatic rings. The minimum absolute atomic E-state index is 0.0870. The Kier molecular flexibility index (Phi) is 70.2. The van der Waals surface area contributed by atoms with E-state index in [1.165, 1.54) is 148 Å². The molecule has 0 aromatic carbocycles. The van der Waals surface area contributed by atoms with Gasteiger partial charge in [0, 0.05) is 25.7 Å². The van der Waals surface area contributed by atoms with Gasteiger partial charge in [-0.2, -0.15) is 0 Å². The minimum Gasteiger partial charge on any atom is -0.462 e. The fraction of sp³-hybridized carbons (Fsp3) is 0.848. The van der Waals surface area contributed by atoms with Crippen LogP contribution in [0.15, 0.2) is 48.6 Å². The first-order valence-corrected chi connectivity index (χ1v) is 42.9. The molecule has 17 nitrogen and oxygen atoms in total. The van der Waals surface area contributed by atoms with E-state index in [1.807, 2.05) is 0 Å². The van der Waals surface area contributed by atoms with E-state index in [9.17, 15) is 43.2 Å². The fourth-order valence-corrected chi connectivity index (χ4v) is 12.7. The van der Waals surface area contributed by atoms with E-state index in [0.29, 0.717) is 25.7 Å². The molecule has 574 valence electrons. The van der Waals surface area contributed by atoms with Crippen LogP contribution in [0.4, 0.5) is 0 Å². The average Bonchev–Trinajstić information content (AvgIpc) is 1.04. The Balaban J connectivity index is 5.32. The van der Waals surface area contributed by atoms with E-state index in [2.05, 4.69) is 76.3 Å². The Bertz CT molecular complexity index is 2050. The third kappa shape index (κ3) is 71.4. The van der Waals surface area contributed by atoms with Crippen molar-refractivity contribution < 1.29 is 80.2 Å². The van der Waals surface area contributed by atoms with Crippen molar-refractivity contribution in [2.24, 2.45) is 0 Å². The Morgan fingerprint density at radius 3 is 0.796 bits per heavy atom. The van der Waals surface area contributed by atoms with Gasteiger partial charge < -0.3 is 33.8 Å². The highest BCUT2D eigenvalue weighted by Gasteiger charge is 2.30. The number of ether oxygens (including phenoxy) is 4. The van der Waals surface area contributed by atoms with Gasteiger partial charge in [0.15, 0.2) is 12.2 Å². The van der Waals surface area contributed by atoms with Gasteiger partial charge in [0.2, 0.25) is 0 Å². The molecule has 0 aliphatic carbocycles. The van der Waals surface area contributed by atoms with Crippen LogP contribution < -0.4 is 0 Å². The summed E-state index contributed by atoms with van der Waals surface area (Å²) in [5.74, 6) is -2.17. The van der Waals surface area contributed by atoms with Gasteiger partial charge in [0.1, 0.15) is 19.3 Å². The number of phosphoric acid groups is 2. The van der Waals surface area contributed by atoms with Gasteiger partial charge in [-0.05, 0) is 109 Å². The minimum atomic E-state index is -4.97. The predicted molar refractivity (Wildman–Crippen MR) is 400 cm³/mol. The summed E-state index contributed by atoms with van der Waals surface area (Å²) in [4.78, 5) is 72.9. The highest BCUT2D eigenvalue weighted by Crippen LogP contribution is 2.45. The van der Waals surface area contributed by atoms with Crippen molar-refractivity contribution in [3.8, 4) is 0 Å². The zero-order chi connectivity index (χ0) is 71.8. The summed E-state index contributed by atoms with van der Waals surface area (Å²) >= 11 is 0. The molecule has 0 rings (SSSR count). The third-order valence-electron chi connectivity index (χ3n) is 17.3. The molecule has 0 saturated carbocycles. The number of phosphoric ester groups is 2. The fourth-order valence-electron chi connectivity index (χ4n) is 11.1. The molecule has 0 aliphatic heterocycles. The van der Waals surface area contributed by atoms with Crippen LogP contribution in [0.5, 0.6) is 0 Å². The summed E-state index contributed by atoms with van der Waals surface area (Å²) in [5.41, 5.74) is 0. The number of hydrogen-bond donors (Lipinski definition) is 3. The van der Waals surface area contributed by atoms with E-state index < -0.39 is 97.5 Å². The van der Waals surface area contributed by atoms with E-state index in [1.54, 1.807) is 0 Å². The first-order valence-electron chi connectivity index (χ1n) is 39.9. The van der Waals surface area contributed by atoms with Crippen LogP contribution in [0.2, 0.25) is 0 Å².